The third-order valence-corrected chi connectivity index (χ3v) is 1.83. The molecule has 1 aromatic heterocycles. The van der Waals surface area contributed by atoms with Crippen LogP contribution < -0.4 is 10.6 Å². The van der Waals surface area contributed by atoms with Crippen molar-refractivity contribution in [1.82, 2.24) is 10.3 Å². The highest BCUT2D eigenvalue weighted by Crippen LogP contribution is 2.08. The van der Waals surface area contributed by atoms with Gasteiger partial charge in [-0.3, -0.25) is 4.98 Å². The van der Waals surface area contributed by atoms with Gasteiger partial charge in [0, 0.05) is 24.5 Å². The summed E-state index contributed by atoms with van der Waals surface area (Å²) >= 11 is 0. The maximum Gasteiger partial charge on any atom is 0.0562 e. The molecule has 2 N–H and O–H groups in total. The van der Waals surface area contributed by atoms with E-state index >= 15 is 0 Å². The van der Waals surface area contributed by atoms with Crippen molar-refractivity contribution in [2.75, 3.05) is 11.9 Å². The number of aromatic nitrogens is 1. The number of hydrogen-bond acceptors (Lipinski definition) is 3. The molecule has 0 fully saturated rings. The summed E-state index contributed by atoms with van der Waals surface area (Å²) in [5.74, 6) is 0. The van der Waals surface area contributed by atoms with Crippen LogP contribution in [0.2, 0.25) is 0 Å². The normalized spacial score (nSPS) is 10.6. The summed E-state index contributed by atoms with van der Waals surface area (Å²) in [4.78, 5) is 4.28. The summed E-state index contributed by atoms with van der Waals surface area (Å²) in [7, 11) is 0. The van der Waals surface area contributed by atoms with Crippen molar-refractivity contribution < 1.29 is 0 Å². The van der Waals surface area contributed by atoms with Crippen molar-refractivity contribution in [3.05, 3.63) is 24.0 Å². The lowest BCUT2D eigenvalue weighted by Gasteiger charge is -2.10. The van der Waals surface area contributed by atoms with E-state index in [0.29, 0.717) is 6.04 Å². The highest BCUT2D eigenvalue weighted by atomic mass is 14.9. The third kappa shape index (κ3) is 3.75. The predicted octanol–water partition coefficient (Wildman–Crippen LogP) is 2.01. The summed E-state index contributed by atoms with van der Waals surface area (Å²) in [5, 5.41) is 6.61. The topological polar surface area (TPSA) is 37.0 Å². The summed E-state index contributed by atoms with van der Waals surface area (Å²) in [6.07, 6.45) is 1.84. The molecular formula is C11H19N3. The van der Waals surface area contributed by atoms with Crippen LogP contribution in [0.15, 0.2) is 18.3 Å². The van der Waals surface area contributed by atoms with Gasteiger partial charge in [-0.25, -0.2) is 0 Å². The first-order valence-electron chi connectivity index (χ1n) is 5.14. The van der Waals surface area contributed by atoms with Gasteiger partial charge in [-0.05, 0) is 32.5 Å². The van der Waals surface area contributed by atoms with Gasteiger partial charge in [-0.15, -0.1) is 0 Å². The minimum Gasteiger partial charge on any atom is -0.383 e. The lowest BCUT2D eigenvalue weighted by Crippen LogP contribution is -2.14. The molecule has 1 aromatic rings. The Hall–Kier alpha value is -1.09. The Bertz CT molecular complexity index is 271. The number of pyridine rings is 1. The number of anilines is 1. The van der Waals surface area contributed by atoms with Crippen molar-refractivity contribution in [1.29, 1.82) is 0 Å². The number of hydrogen-bond donors (Lipinski definition) is 2. The van der Waals surface area contributed by atoms with Crippen LogP contribution in [-0.2, 0) is 6.54 Å². The van der Waals surface area contributed by atoms with Crippen molar-refractivity contribution in [2.45, 2.75) is 33.4 Å². The first-order chi connectivity index (χ1) is 6.72. The van der Waals surface area contributed by atoms with Gasteiger partial charge in [0.25, 0.3) is 0 Å². The first kappa shape index (κ1) is 11.0. The molecule has 0 saturated carbocycles. The van der Waals surface area contributed by atoms with Gasteiger partial charge in [0.15, 0.2) is 0 Å². The highest BCUT2D eigenvalue weighted by molar-refractivity contribution is 5.43. The van der Waals surface area contributed by atoms with Crippen molar-refractivity contribution in [3.8, 4) is 0 Å². The Labute approximate surface area is 85.9 Å². The van der Waals surface area contributed by atoms with E-state index in [-0.39, 0.29) is 0 Å². The van der Waals surface area contributed by atoms with Crippen molar-refractivity contribution in [2.24, 2.45) is 0 Å². The Balaban J connectivity index is 2.59. The molecule has 0 unspecified atom stereocenters. The molecule has 1 rings (SSSR count). The van der Waals surface area contributed by atoms with Crippen LogP contribution in [0, 0.1) is 0 Å². The fraction of sp³-hybridized carbons (Fsp3) is 0.545. The molecule has 3 nitrogen and oxygen atoms in total. The SMILES string of the molecule is CCNCc1cc(NC(C)C)ccn1. The van der Waals surface area contributed by atoms with Crippen LogP contribution in [-0.4, -0.2) is 17.6 Å². The molecule has 0 amide bonds. The zero-order chi connectivity index (χ0) is 10.4. The lowest BCUT2D eigenvalue weighted by molar-refractivity contribution is 0.710. The molecule has 0 radical (unpaired) electrons. The van der Waals surface area contributed by atoms with E-state index in [2.05, 4.69) is 42.5 Å². The average Bonchev–Trinajstić information content (AvgIpc) is 2.14. The maximum absolute atomic E-state index is 4.28. The molecule has 0 aromatic carbocycles. The molecule has 0 spiro atoms. The second-order valence-corrected chi connectivity index (χ2v) is 3.62. The molecule has 0 aliphatic heterocycles. The van der Waals surface area contributed by atoms with Crippen molar-refractivity contribution in [3.63, 3.8) is 0 Å². The predicted molar refractivity (Wildman–Crippen MR) is 60.4 cm³/mol. The molecule has 0 bridgehead atoms. The fourth-order valence-electron chi connectivity index (χ4n) is 1.25. The zero-order valence-electron chi connectivity index (χ0n) is 9.17. The number of nitrogens with zero attached hydrogens (tertiary/aromatic N) is 1. The fourth-order valence-corrected chi connectivity index (χ4v) is 1.25. The maximum atomic E-state index is 4.28. The first-order valence-corrected chi connectivity index (χ1v) is 5.14. The van der Waals surface area contributed by atoms with Gasteiger partial charge in [0.2, 0.25) is 0 Å². The third-order valence-electron chi connectivity index (χ3n) is 1.83. The van der Waals surface area contributed by atoms with Crippen molar-refractivity contribution >= 4 is 5.69 Å². The second-order valence-electron chi connectivity index (χ2n) is 3.62. The van der Waals surface area contributed by atoms with Gasteiger partial charge >= 0.3 is 0 Å². The minimum atomic E-state index is 0.462. The molecule has 14 heavy (non-hydrogen) atoms. The molecule has 0 aliphatic rings. The molecule has 1 heterocycles. The van der Waals surface area contributed by atoms with Gasteiger partial charge in [0.05, 0.1) is 5.69 Å². The summed E-state index contributed by atoms with van der Waals surface area (Å²) in [6.45, 7) is 8.17. The number of nitrogens with one attached hydrogen (secondary N) is 2. The quantitative estimate of drug-likeness (QED) is 0.751. The van der Waals surface area contributed by atoms with E-state index in [9.17, 15) is 0 Å². The van der Waals surface area contributed by atoms with Crippen LogP contribution in [0.4, 0.5) is 5.69 Å². The van der Waals surface area contributed by atoms with Crippen LogP contribution in [0.1, 0.15) is 26.5 Å². The second kappa shape index (κ2) is 5.60. The molecule has 3 heteroatoms. The lowest BCUT2D eigenvalue weighted by atomic mass is 10.3. The summed E-state index contributed by atoms with van der Waals surface area (Å²) in [6, 6.07) is 4.54. The average molecular weight is 193 g/mol. The Kier molecular flexibility index (Phi) is 4.40. The summed E-state index contributed by atoms with van der Waals surface area (Å²) < 4.78 is 0. The van der Waals surface area contributed by atoms with E-state index in [4.69, 9.17) is 0 Å². The van der Waals surface area contributed by atoms with E-state index < -0.39 is 0 Å². The summed E-state index contributed by atoms with van der Waals surface area (Å²) in [5.41, 5.74) is 2.22. The molecule has 0 atom stereocenters. The van der Waals surface area contributed by atoms with Gasteiger partial charge in [-0.2, -0.15) is 0 Å². The number of rotatable bonds is 5. The molecule has 0 saturated heterocycles. The Morgan fingerprint density at radius 3 is 2.86 bits per heavy atom. The molecule has 0 aliphatic carbocycles. The van der Waals surface area contributed by atoms with Gasteiger partial charge in [0.1, 0.15) is 0 Å². The highest BCUT2D eigenvalue weighted by Gasteiger charge is 1.97. The van der Waals surface area contributed by atoms with Crippen LogP contribution in [0.3, 0.4) is 0 Å². The van der Waals surface area contributed by atoms with Crippen LogP contribution >= 0.6 is 0 Å². The standard InChI is InChI=1S/C11H19N3/c1-4-12-8-11-7-10(5-6-13-11)14-9(2)3/h5-7,9,12H,4,8H2,1-3H3,(H,13,14). The molecular weight excluding hydrogens is 174 g/mol. The van der Waals surface area contributed by atoms with E-state index in [1.807, 2.05) is 12.3 Å². The molecule has 78 valence electrons. The van der Waals surface area contributed by atoms with E-state index in [1.165, 1.54) is 0 Å². The Morgan fingerprint density at radius 1 is 1.43 bits per heavy atom. The Morgan fingerprint density at radius 2 is 2.21 bits per heavy atom. The monoisotopic (exact) mass is 193 g/mol. The smallest absolute Gasteiger partial charge is 0.0562 e. The minimum absolute atomic E-state index is 0.462. The van der Waals surface area contributed by atoms with E-state index in [0.717, 1.165) is 24.5 Å². The largest absolute Gasteiger partial charge is 0.383 e. The van der Waals surface area contributed by atoms with Crippen LogP contribution in [0.25, 0.3) is 0 Å². The zero-order valence-corrected chi connectivity index (χ0v) is 9.17. The van der Waals surface area contributed by atoms with Crippen LogP contribution in [0.5, 0.6) is 0 Å². The van der Waals surface area contributed by atoms with Gasteiger partial charge < -0.3 is 10.6 Å². The van der Waals surface area contributed by atoms with Gasteiger partial charge in [-0.1, -0.05) is 6.92 Å². The van der Waals surface area contributed by atoms with E-state index in [1.54, 1.807) is 0 Å².